The predicted molar refractivity (Wildman–Crippen MR) is 103 cm³/mol. The SMILES string of the molecule is CC(C)(C)Nc1c(Oc2ccc(C(F)(F)F)cc2Cl)cccc1[N+](=O)[O-].O=PO. The quantitative estimate of drug-likeness (QED) is 0.314. The number of nitrogens with zero attached hydrogens (tertiary/aromatic N) is 1. The topological polar surface area (TPSA) is 102 Å². The van der Waals surface area contributed by atoms with Crippen LogP contribution in [0.1, 0.15) is 26.3 Å². The van der Waals surface area contributed by atoms with Crippen LogP contribution in [0.5, 0.6) is 11.5 Å². The zero-order valence-corrected chi connectivity index (χ0v) is 17.1. The van der Waals surface area contributed by atoms with E-state index in [0.717, 1.165) is 18.2 Å². The van der Waals surface area contributed by atoms with Crippen LogP contribution in [0.25, 0.3) is 0 Å². The van der Waals surface area contributed by atoms with E-state index in [1.165, 1.54) is 18.2 Å². The molecule has 0 bridgehead atoms. The molecule has 29 heavy (non-hydrogen) atoms. The molecule has 7 nitrogen and oxygen atoms in total. The number of alkyl halides is 3. The highest BCUT2D eigenvalue weighted by atomic mass is 35.5. The van der Waals surface area contributed by atoms with E-state index < -0.39 is 30.9 Å². The van der Waals surface area contributed by atoms with E-state index in [0.29, 0.717) is 0 Å². The first-order chi connectivity index (χ1) is 13.3. The normalized spacial score (nSPS) is 11.4. The summed E-state index contributed by atoms with van der Waals surface area (Å²) in [7, 11) is -0.833. The predicted octanol–water partition coefficient (Wildman–Crippen LogP) is 6.46. The number of anilines is 1. The Kier molecular flexibility index (Phi) is 8.37. The van der Waals surface area contributed by atoms with Crippen molar-refractivity contribution in [2.45, 2.75) is 32.5 Å². The molecule has 2 rings (SSSR count). The molecule has 0 aliphatic rings. The molecule has 0 atom stereocenters. The molecule has 0 saturated heterocycles. The van der Waals surface area contributed by atoms with Crippen LogP contribution in [0.3, 0.4) is 0 Å². The summed E-state index contributed by atoms with van der Waals surface area (Å²) in [5.41, 5.74) is -1.54. The molecular formula is C17H17ClF3N2O5P. The van der Waals surface area contributed by atoms with Gasteiger partial charge in [0.2, 0.25) is 0 Å². The van der Waals surface area contributed by atoms with E-state index in [9.17, 15) is 23.3 Å². The fraction of sp³-hybridized carbons (Fsp3) is 0.294. The minimum atomic E-state index is -4.54. The van der Waals surface area contributed by atoms with Gasteiger partial charge in [0.05, 0.1) is 15.5 Å². The van der Waals surface area contributed by atoms with Gasteiger partial charge in [-0.1, -0.05) is 17.7 Å². The first-order valence-corrected chi connectivity index (χ1v) is 9.01. The van der Waals surface area contributed by atoms with Gasteiger partial charge in [0, 0.05) is 11.6 Å². The molecule has 0 aliphatic carbocycles. The highest BCUT2D eigenvalue weighted by Gasteiger charge is 2.31. The number of rotatable bonds is 4. The number of halogens is 4. The lowest BCUT2D eigenvalue weighted by atomic mass is 10.1. The molecule has 2 aromatic carbocycles. The molecule has 0 unspecified atom stereocenters. The largest absolute Gasteiger partial charge is 0.453 e. The number of para-hydroxylation sites is 1. The second-order valence-corrected chi connectivity index (χ2v) is 7.18. The Bertz CT molecular complexity index is 888. The van der Waals surface area contributed by atoms with Gasteiger partial charge in [0.25, 0.3) is 5.69 Å². The van der Waals surface area contributed by atoms with Gasteiger partial charge in [0.1, 0.15) is 5.75 Å². The standard InChI is InChI=1S/C17H16ClF3N2O3.HO2P/c1-16(2,3)22-15-12(23(24)25)5-4-6-14(15)26-13-8-7-10(9-11(13)18)17(19,20)21;1-3-2/h4-9,22H,1-3H3;(H,1,2). The van der Waals surface area contributed by atoms with Crippen molar-refractivity contribution < 1.29 is 32.3 Å². The average molecular weight is 453 g/mol. The molecular weight excluding hydrogens is 436 g/mol. The second-order valence-electron chi connectivity index (χ2n) is 6.61. The third-order valence-electron chi connectivity index (χ3n) is 3.18. The fourth-order valence-corrected chi connectivity index (χ4v) is 2.35. The number of nitrogens with one attached hydrogen (secondary N) is 1. The van der Waals surface area contributed by atoms with Crippen LogP contribution >= 0.6 is 20.3 Å². The van der Waals surface area contributed by atoms with Gasteiger partial charge in [-0.15, -0.1) is 0 Å². The monoisotopic (exact) mass is 452 g/mol. The van der Waals surface area contributed by atoms with Crippen molar-refractivity contribution in [3.05, 3.63) is 57.1 Å². The molecule has 2 N–H and O–H groups in total. The fourth-order valence-electron chi connectivity index (χ4n) is 2.14. The Morgan fingerprint density at radius 2 is 1.76 bits per heavy atom. The van der Waals surface area contributed by atoms with Crippen molar-refractivity contribution in [1.82, 2.24) is 0 Å². The van der Waals surface area contributed by atoms with E-state index in [1.807, 2.05) is 0 Å². The third kappa shape index (κ3) is 7.49. The summed E-state index contributed by atoms with van der Waals surface area (Å²) >= 11 is 5.89. The maximum Gasteiger partial charge on any atom is 0.416 e. The number of benzene rings is 2. The van der Waals surface area contributed by atoms with E-state index in [4.69, 9.17) is 25.8 Å². The first kappa shape index (κ1) is 24.6. The summed E-state index contributed by atoms with van der Waals surface area (Å²) in [5.74, 6) is 0.0351. The second kappa shape index (κ2) is 9.87. The summed E-state index contributed by atoms with van der Waals surface area (Å²) in [4.78, 5) is 17.7. The molecule has 158 valence electrons. The molecule has 0 radical (unpaired) electrons. The Morgan fingerprint density at radius 1 is 1.17 bits per heavy atom. The van der Waals surface area contributed by atoms with Gasteiger partial charge in [0.15, 0.2) is 11.4 Å². The minimum Gasteiger partial charge on any atom is -0.453 e. The minimum absolute atomic E-state index is 0.0443. The summed E-state index contributed by atoms with van der Waals surface area (Å²) in [6.07, 6.45) is -4.54. The van der Waals surface area contributed by atoms with Gasteiger partial charge in [-0.2, -0.15) is 13.2 Å². The highest BCUT2D eigenvalue weighted by molar-refractivity contribution is 7.16. The zero-order valence-electron chi connectivity index (χ0n) is 15.5. The van der Waals surface area contributed by atoms with Crippen LogP contribution < -0.4 is 10.1 Å². The van der Waals surface area contributed by atoms with Crippen LogP contribution in [-0.4, -0.2) is 15.4 Å². The Labute approximate surface area is 170 Å². The number of hydrogen-bond donors (Lipinski definition) is 2. The number of nitro benzene ring substituents is 1. The zero-order chi connectivity index (χ0) is 22.4. The number of nitro groups is 1. The third-order valence-corrected chi connectivity index (χ3v) is 3.48. The molecule has 0 heterocycles. The van der Waals surface area contributed by atoms with Gasteiger partial charge in [-0.05, 0) is 45.0 Å². The van der Waals surface area contributed by atoms with Crippen molar-refractivity contribution >= 4 is 31.7 Å². The molecule has 0 spiro atoms. The lowest BCUT2D eigenvalue weighted by molar-refractivity contribution is -0.384. The first-order valence-electron chi connectivity index (χ1n) is 7.87. The van der Waals surface area contributed by atoms with Crippen molar-refractivity contribution in [2.24, 2.45) is 0 Å². The maximum atomic E-state index is 12.7. The summed E-state index contributed by atoms with van der Waals surface area (Å²) < 4.78 is 52.2. The molecule has 0 fully saturated rings. The van der Waals surface area contributed by atoms with Crippen LogP contribution in [0, 0.1) is 10.1 Å². The molecule has 0 saturated carbocycles. The summed E-state index contributed by atoms with van der Waals surface area (Å²) in [5, 5.41) is 14.0. The molecule has 0 aromatic heterocycles. The lowest BCUT2D eigenvalue weighted by Gasteiger charge is -2.24. The van der Waals surface area contributed by atoms with Crippen LogP contribution in [-0.2, 0) is 10.7 Å². The molecule has 0 amide bonds. The van der Waals surface area contributed by atoms with Crippen LogP contribution in [0.4, 0.5) is 24.5 Å². The van der Waals surface area contributed by atoms with Crippen molar-refractivity contribution in [3.8, 4) is 11.5 Å². The van der Waals surface area contributed by atoms with Gasteiger partial charge in [-0.25, -0.2) is 4.57 Å². The smallest absolute Gasteiger partial charge is 0.416 e. The Hall–Kier alpha value is -2.42. The van der Waals surface area contributed by atoms with Crippen molar-refractivity contribution in [2.75, 3.05) is 5.32 Å². The summed E-state index contributed by atoms with van der Waals surface area (Å²) in [6, 6.07) is 6.83. The molecule has 2 aromatic rings. The summed E-state index contributed by atoms with van der Waals surface area (Å²) in [6.45, 7) is 5.41. The van der Waals surface area contributed by atoms with Crippen LogP contribution in [0.2, 0.25) is 5.02 Å². The van der Waals surface area contributed by atoms with E-state index >= 15 is 0 Å². The van der Waals surface area contributed by atoms with Crippen LogP contribution in [0.15, 0.2) is 36.4 Å². The number of hydrogen-bond acceptors (Lipinski definition) is 5. The lowest BCUT2D eigenvalue weighted by Crippen LogP contribution is -2.26. The highest BCUT2D eigenvalue weighted by Crippen LogP contribution is 2.41. The Morgan fingerprint density at radius 3 is 2.21 bits per heavy atom. The molecule has 12 heteroatoms. The van der Waals surface area contributed by atoms with Gasteiger partial charge in [-0.3, -0.25) is 10.1 Å². The average Bonchev–Trinajstić information content (AvgIpc) is 2.56. The number of ether oxygens (including phenoxy) is 1. The Balaban J connectivity index is 0.00000132. The van der Waals surface area contributed by atoms with E-state index in [2.05, 4.69) is 5.32 Å². The molecule has 0 aliphatic heterocycles. The van der Waals surface area contributed by atoms with Gasteiger partial charge >= 0.3 is 14.9 Å². The van der Waals surface area contributed by atoms with Crippen molar-refractivity contribution in [3.63, 3.8) is 0 Å². The van der Waals surface area contributed by atoms with Crippen molar-refractivity contribution in [1.29, 1.82) is 0 Å². The van der Waals surface area contributed by atoms with E-state index in [1.54, 1.807) is 20.8 Å². The maximum absolute atomic E-state index is 12.7. The van der Waals surface area contributed by atoms with E-state index in [-0.39, 0.29) is 27.9 Å². The van der Waals surface area contributed by atoms with Gasteiger partial charge < -0.3 is 14.9 Å².